The van der Waals surface area contributed by atoms with Crippen molar-refractivity contribution in [3.63, 3.8) is 0 Å². The van der Waals surface area contributed by atoms with Crippen LogP contribution in [-0.4, -0.2) is 47.6 Å². The second kappa shape index (κ2) is 14.2. The van der Waals surface area contributed by atoms with Crippen molar-refractivity contribution in [1.29, 1.82) is 0 Å². The van der Waals surface area contributed by atoms with Crippen LogP contribution in [0, 0.1) is 12.8 Å². The van der Waals surface area contributed by atoms with E-state index in [2.05, 4.69) is 53.7 Å². The molecule has 9 heteroatoms. The quantitative estimate of drug-likeness (QED) is 0.195. The topological polar surface area (TPSA) is 85.6 Å². The predicted octanol–water partition coefficient (Wildman–Crippen LogP) is 3.61. The Hall–Kier alpha value is -1.88. The second-order valence-corrected chi connectivity index (χ2v) is 7.80. The lowest BCUT2D eigenvalue weighted by atomic mass is 10.1. The number of hydrogen-bond donors (Lipinski definition) is 2. The highest BCUT2D eigenvalue weighted by Crippen LogP contribution is 2.18. The van der Waals surface area contributed by atoms with Crippen LogP contribution >= 0.6 is 24.0 Å². The van der Waals surface area contributed by atoms with Crippen molar-refractivity contribution in [2.24, 2.45) is 18.0 Å². The number of nitrogens with zero attached hydrogens (tertiary/aromatic N) is 4. The molecule has 0 aliphatic heterocycles. The Morgan fingerprint density at radius 2 is 1.87 bits per heavy atom. The average Bonchev–Trinajstić information content (AvgIpc) is 3.05. The van der Waals surface area contributed by atoms with Gasteiger partial charge in [0.05, 0.1) is 12.6 Å². The van der Waals surface area contributed by atoms with E-state index in [4.69, 9.17) is 14.5 Å². The van der Waals surface area contributed by atoms with Crippen LogP contribution in [0.5, 0.6) is 5.75 Å². The molecule has 0 radical (unpaired) electrons. The lowest BCUT2D eigenvalue weighted by Gasteiger charge is -2.19. The Morgan fingerprint density at radius 3 is 2.45 bits per heavy atom. The fourth-order valence-electron chi connectivity index (χ4n) is 2.72. The van der Waals surface area contributed by atoms with Crippen LogP contribution < -0.4 is 15.4 Å². The van der Waals surface area contributed by atoms with Gasteiger partial charge in [-0.1, -0.05) is 26.0 Å². The summed E-state index contributed by atoms with van der Waals surface area (Å²) in [6.45, 7) is 11.0. The summed E-state index contributed by atoms with van der Waals surface area (Å²) in [5.74, 6) is 3.83. The zero-order valence-electron chi connectivity index (χ0n) is 19.5. The Balaban J connectivity index is 0.00000480. The molecule has 0 amide bonds. The molecule has 1 heterocycles. The third kappa shape index (κ3) is 9.42. The normalized spacial score (nSPS) is 12.4. The number of aromatic nitrogens is 3. The number of ether oxygens (including phenoxy) is 2. The fraction of sp³-hybridized carbons (Fsp3) is 0.591. The van der Waals surface area contributed by atoms with E-state index in [0.29, 0.717) is 19.1 Å². The Morgan fingerprint density at radius 1 is 1.16 bits per heavy atom. The van der Waals surface area contributed by atoms with Crippen LogP contribution in [0.2, 0.25) is 0 Å². The van der Waals surface area contributed by atoms with Gasteiger partial charge in [0.15, 0.2) is 11.8 Å². The van der Waals surface area contributed by atoms with Crippen molar-refractivity contribution in [2.75, 3.05) is 26.9 Å². The van der Waals surface area contributed by atoms with Gasteiger partial charge in [0.1, 0.15) is 18.1 Å². The van der Waals surface area contributed by atoms with E-state index < -0.39 is 0 Å². The molecular weight excluding hydrogens is 507 g/mol. The predicted molar refractivity (Wildman–Crippen MR) is 135 cm³/mol. The highest BCUT2D eigenvalue weighted by molar-refractivity contribution is 14.0. The molecule has 31 heavy (non-hydrogen) atoms. The van der Waals surface area contributed by atoms with Gasteiger partial charge in [0, 0.05) is 27.3 Å². The van der Waals surface area contributed by atoms with E-state index in [0.717, 1.165) is 48.5 Å². The minimum absolute atomic E-state index is 0. The number of hydrogen-bond acceptors (Lipinski definition) is 5. The largest absolute Gasteiger partial charge is 0.493 e. The van der Waals surface area contributed by atoms with Crippen molar-refractivity contribution < 1.29 is 9.47 Å². The van der Waals surface area contributed by atoms with Crippen molar-refractivity contribution in [3.05, 3.63) is 41.5 Å². The maximum atomic E-state index is 5.78. The third-order valence-corrected chi connectivity index (χ3v) is 4.70. The Labute approximate surface area is 203 Å². The van der Waals surface area contributed by atoms with Crippen LogP contribution in [-0.2, 0) is 18.3 Å². The summed E-state index contributed by atoms with van der Waals surface area (Å²) in [5, 5.41) is 15.1. The van der Waals surface area contributed by atoms with E-state index in [1.54, 1.807) is 7.11 Å². The zero-order valence-corrected chi connectivity index (χ0v) is 21.8. The minimum Gasteiger partial charge on any atom is -0.493 e. The molecule has 2 aromatic rings. The Bertz CT molecular complexity index is 792. The molecule has 1 atom stereocenters. The van der Waals surface area contributed by atoms with E-state index in [1.807, 2.05) is 30.7 Å². The minimum atomic E-state index is 0. The summed E-state index contributed by atoms with van der Waals surface area (Å²) in [6.07, 6.45) is 0.899. The van der Waals surface area contributed by atoms with Gasteiger partial charge >= 0.3 is 0 Å². The summed E-state index contributed by atoms with van der Waals surface area (Å²) >= 11 is 0. The summed E-state index contributed by atoms with van der Waals surface area (Å²) < 4.78 is 12.9. The molecule has 0 bridgehead atoms. The van der Waals surface area contributed by atoms with Crippen molar-refractivity contribution in [3.8, 4) is 5.75 Å². The first kappa shape index (κ1) is 27.2. The van der Waals surface area contributed by atoms with E-state index >= 15 is 0 Å². The van der Waals surface area contributed by atoms with Gasteiger partial charge in [-0.15, -0.1) is 34.2 Å². The van der Waals surface area contributed by atoms with Crippen molar-refractivity contribution in [1.82, 2.24) is 25.4 Å². The number of methoxy groups -OCH3 is 1. The fourth-order valence-corrected chi connectivity index (χ4v) is 2.72. The molecule has 174 valence electrons. The van der Waals surface area contributed by atoms with Gasteiger partial charge in [0.2, 0.25) is 0 Å². The average molecular weight is 544 g/mol. The lowest BCUT2D eigenvalue weighted by Crippen LogP contribution is -2.39. The first-order valence-corrected chi connectivity index (χ1v) is 10.5. The molecule has 0 fully saturated rings. The van der Waals surface area contributed by atoms with Crippen LogP contribution in [0.1, 0.15) is 50.4 Å². The number of guanidine groups is 1. The molecular formula is C22H37IN6O2. The van der Waals surface area contributed by atoms with Crippen LogP contribution in [0.4, 0.5) is 0 Å². The molecule has 2 N–H and O–H groups in total. The molecule has 1 aromatic carbocycles. The zero-order chi connectivity index (χ0) is 21.9. The van der Waals surface area contributed by atoms with Gasteiger partial charge in [-0.2, -0.15) is 0 Å². The van der Waals surface area contributed by atoms with Gasteiger partial charge in [-0.3, -0.25) is 0 Å². The monoisotopic (exact) mass is 544 g/mol. The molecule has 0 saturated heterocycles. The first-order valence-electron chi connectivity index (χ1n) is 10.5. The summed E-state index contributed by atoms with van der Waals surface area (Å²) in [5.41, 5.74) is 1.16. The van der Waals surface area contributed by atoms with E-state index in [-0.39, 0.29) is 30.0 Å². The second-order valence-electron chi connectivity index (χ2n) is 7.80. The number of rotatable bonds is 11. The first-order chi connectivity index (χ1) is 14.4. The number of benzene rings is 1. The molecule has 0 aliphatic rings. The molecule has 0 saturated carbocycles. The number of nitrogens with one attached hydrogen (secondary N) is 2. The lowest BCUT2D eigenvalue weighted by molar-refractivity contribution is 0.195. The smallest absolute Gasteiger partial charge is 0.192 e. The van der Waals surface area contributed by atoms with Crippen LogP contribution in [0.3, 0.4) is 0 Å². The van der Waals surface area contributed by atoms with Crippen LogP contribution in [0.25, 0.3) is 0 Å². The maximum absolute atomic E-state index is 5.78. The third-order valence-electron chi connectivity index (χ3n) is 4.70. The van der Waals surface area contributed by atoms with Crippen LogP contribution in [0.15, 0.2) is 29.3 Å². The van der Waals surface area contributed by atoms with Gasteiger partial charge in [-0.25, -0.2) is 4.99 Å². The molecule has 0 spiro atoms. The van der Waals surface area contributed by atoms with E-state index in [9.17, 15) is 0 Å². The molecule has 2 rings (SSSR count). The standard InChI is InChI=1S/C22H36N6O2.HI/c1-16(2)15-30-20-10-8-19(9-11-20)17(3)25-22(23-12-7-13-29-6)24-14-21-27-26-18(4)28(21)5;/h8-11,16-17H,7,12-15H2,1-6H3,(H2,23,24,25);1H. The Kier molecular flexibility index (Phi) is 12.5. The molecule has 8 nitrogen and oxygen atoms in total. The SMILES string of the molecule is COCCCNC(=NCc1nnc(C)n1C)NC(C)c1ccc(OCC(C)C)cc1.I. The number of halogens is 1. The number of aliphatic imine (C=N–C) groups is 1. The summed E-state index contributed by atoms with van der Waals surface area (Å²) in [4.78, 5) is 4.70. The highest BCUT2D eigenvalue weighted by Gasteiger charge is 2.10. The molecule has 0 aliphatic carbocycles. The van der Waals surface area contributed by atoms with Gasteiger partial charge in [-0.05, 0) is 43.9 Å². The molecule has 1 unspecified atom stereocenters. The van der Waals surface area contributed by atoms with Crippen molar-refractivity contribution >= 4 is 29.9 Å². The van der Waals surface area contributed by atoms with Crippen molar-refractivity contribution in [2.45, 2.75) is 46.7 Å². The highest BCUT2D eigenvalue weighted by atomic mass is 127. The summed E-state index contributed by atoms with van der Waals surface area (Å²) in [6, 6.07) is 8.28. The maximum Gasteiger partial charge on any atom is 0.192 e. The number of aryl methyl sites for hydroxylation is 1. The molecule has 1 aromatic heterocycles. The van der Waals surface area contributed by atoms with E-state index in [1.165, 1.54) is 0 Å². The van der Waals surface area contributed by atoms with Gasteiger partial charge in [0.25, 0.3) is 0 Å². The summed E-state index contributed by atoms with van der Waals surface area (Å²) in [7, 11) is 3.66. The van der Waals surface area contributed by atoms with Gasteiger partial charge < -0.3 is 24.7 Å².